The Hall–Kier alpha value is -2.65. The third kappa shape index (κ3) is 4.93. The molecule has 6 heteroatoms. The maximum Gasteiger partial charge on any atom is 0.338 e. The summed E-state index contributed by atoms with van der Waals surface area (Å²) in [5.74, 6) is -1.01. The first-order chi connectivity index (χ1) is 11.6. The fourth-order valence-electron chi connectivity index (χ4n) is 2.06. The number of amides is 1. The van der Waals surface area contributed by atoms with Crippen LogP contribution in [-0.4, -0.2) is 18.5 Å². The van der Waals surface area contributed by atoms with Gasteiger partial charge in [0.15, 0.2) is 6.61 Å². The second kappa shape index (κ2) is 8.85. The third-order valence-corrected chi connectivity index (χ3v) is 4.21. The van der Waals surface area contributed by atoms with Crippen LogP contribution < -0.4 is 5.32 Å². The topological polar surface area (TPSA) is 79.2 Å². The van der Waals surface area contributed by atoms with E-state index in [2.05, 4.69) is 12.2 Å². The first-order valence-electron chi connectivity index (χ1n) is 7.67. The molecule has 0 fully saturated rings. The minimum absolute atomic E-state index is 0.390. The fraction of sp³-hybridized carbons (Fsp3) is 0.278. The molecule has 24 heavy (non-hydrogen) atoms. The van der Waals surface area contributed by atoms with Gasteiger partial charge < -0.3 is 10.1 Å². The lowest BCUT2D eigenvalue weighted by molar-refractivity contribution is -0.119. The van der Waals surface area contributed by atoms with Crippen molar-refractivity contribution in [1.29, 1.82) is 5.26 Å². The zero-order chi connectivity index (χ0) is 17.4. The van der Waals surface area contributed by atoms with Gasteiger partial charge in [0, 0.05) is 0 Å². The molecule has 1 amide bonds. The average molecular weight is 342 g/mol. The van der Waals surface area contributed by atoms with Crippen molar-refractivity contribution in [3.63, 3.8) is 0 Å². The normalized spacial score (nSPS) is 10.0. The number of nitrogens with one attached hydrogen (secondary N) is 1. The summed E-state index contributed by atoms with van der Waals surface area (Å²) < 4.78 is 5.00. The summed E-state index contributed by atoms with van der Waals surface area (Å²) in [6.45, 7) is 1.74. The van der Waals surface area contributed by atoms with E-state index in [0.29, 0.717) is 16.1 Å². The van der Waals surface area contributed by atoms with Crippen LogP contribution in [-0.2, 0) is 16.0 Å². The minimum atomic E-state index is -0.543. The average Bonchev–Trinajstić information content (AvgIpc) is 3.05. The molecule has 5 nitrogen and oxygen atoms in total. The highest BCUT2D eigenvalue weighted by Gasteiger charge is 2.12. The highest BCUT2D eigenvalue weighted by atomic mass is 32.1. The lowest BCUT2D eigenvalue weighted by Gasteiger charge is -2.06. The van der Waals surface area contributed by atoms with E-state index < -0.39 is 11.9 Å². The molecular weight excluding hydrogens is 324 g/mol. The number of nitriles is 1. The molecule has 2 rings (SSSR count). The van der Waals surface area contributed by atoms with E-state index >= 15 is 0 Å². The molecule has 2 aromatic rings. The third-order valence-electron chi connectivity index (χ3n) is 3.38. The number of rotatable bonds is 7. The van der Waals surface area contributed by atoms with Gasteiger partial charge in [-0.05, 0) is 42.0 Å². The Morgan fingerprint density at radius 1 is 1.25 bits per heavy atom. The van der Waals surface area contributed by atoms with Gasteiger partial charge in [-0.3, -0.25) is 4.79 Å². The highest BCUT2D eigenvalue weighted by Crippen LogP contribution is 2.21. The van der Waals surface area contributed by atoms with Gasteiger partial charge in [0.1, 0.15) is 11.1 Å². The number of carbonyl (C=O) groups excluding carboxylic acids is 2. The molecule has 0 bridgehead atoms. The number of hydrogen-bond acceptors (Lipinski definition) is 5. The van der Waals surface area contributed by atoms with Crippen molar-refractivity contribution in [3.05, 3.63) is 52.4 Å². The number of nitrogens with zero attached hydrogens (tertiary/aromatic N) is 1. The summed E-state index contributed by atoms with van der Waals surface area (Å²) in [4.78, 5) is 23.7. The van der Waals surface area contributed by atoms with Crippen LogP contribution in [0, 0.1) is 11.3 Å². The van der Waals surface area contributed by atoms with E-state index in [1.54, 1.807) is 23.6 Å². The van der Waals surface area contributed by atoms with Crippen LogP contribution in [0.4, 0.5) is 5.00 Å². The molecule has 1 aromatic heterocycles. The monoisotopic (exact) mass is 342 g/mol. The second-order valence-corrected chi connectivity index (χ2v) is 6.12. The highest BCUT2D eigenvalue weighted by molar-refractivity contribution is 7.14. The zero-order valence-electron chi connectivity index (χ0n) is 13.4. The summed E-state index contributed by atoms with van der Waals surface area (Å²) >= 11 is 1.25. The largest absolute Gasteiger partial charge is 0.452 e. The Kier molecular flexibility index (Phi) is 6.52. The van der Waals surface area contributed by atoms with Gasteiger partial charge in [-0.1, -0.05) is 25.5 Å². The van der Waals surface area contributed by atoms with E-state index in [-0.39, 0.29) is 6.61 Å². The van der Waals surface area contributed by atoms with Gasteiger partial charge in [0.2, 0.25) is 0 Å². The standard InChI is InChI=1S/C18H18N2O3S/c1-2-3-4-13-5-7-14(8-6-13)18(22)23-12-16(21)20-17-15(11-19)9-10-24-17/h5-10H,2-4,12H2,1H3,(H,20,21). The zero-order valence-corrected chi connectivity index (χ0v) is 14.2. The summed E-state index contributed by atoms with van der Waals surface area (Å²) in [6, 6.07) is 10.8. The van der Waals surface area contributed by atoms with Gasteiger partial charge in [-0.2, -0.15) is 5.26 Å². The number of hydrogen-bond donors (Lipinski definition) is 1. The van der Waals surface area contributed by atoms with Crippen LogP contribution in [0.1, 0.15) is 41.3 Å². The van der Waals surface area contributed by atoms with Crippen LogP contribution in [0.3, 0.4) is 0 Å². The molecule has 0 aliphatic heterocycles. The van der Waals surface area contributed by atoms with Crippen LogP contribution in [0.15, 0.2) is 35.7 Å². The van der Waals surface area contributed by atoms with Crippen LogP contribution in [0.5, 0.6) is 0 Å². The Morgan fingerprint density at radius 2 is 2.00 bits per heavy atom. The molecule has 0 aliphatic carbocycles. The number of benzene rings is 1. The van der Waals surface area contributed by atoms with Crippen molar-refractivity contribution in [2.45, 2.75) is 26.2 Å². The first kappa shape index (κ1) is 17.7. The SMILES string of the molecule is CCCCc1ccc(C(=O)OCC(=O)Nc2sccc2C#N)cc1. The molecule has 124 valence electrons. The van der Waals surface area contributed by atoms with E-state index in [1.165, 1.54) is 16.9 Å². The van der Waals surface area contributed by atoms with Crippen molar-refractivity contribution < 1.29 is 14.3 Å². The molecule has 0 saturated carbocycles. The van der Waals surface area contributed by atoms with Crippen molar-refractivity contribution in [3.8, 4) is 6.07 Å². The Bertz CT molecular complexity index is 744. The van der Waals surface area contributed by atoms with Gasteiger partial charge in [-0.15, -0.1) is 11.3 Å². The predicted molar refractivity (Wildman–Crippen MR) is 93.0 cm³/mol. The predicted octanol–water partition coefficient (Wildman–Crippen LogP) is 3.76. The number of unbranched alkanes of at least 4 members (excludes halogenated alkanes) is 1. The van der Waals surface area contributed by atoms with Crippen LogP contribution >= 0.6 is 11.3 Å². The number of ether oxygens (including phenoxy) is 1. The van der Waals surface area contributed by atoms with Crippen LogP contribution in [0.2, 0.25) is 0 Å². The fourth-order valence-corrected chi connectivity index (χ4v) is 2.81. The number of aryl methyl sites for hydroxylation is 1. The van der Waals surface area contributed by atoms with Crippen LogP contribution in [0.25, 0.3) is 0 Å². The molecule has 1 heterocycles. The Balaban J connectivity index is 1.84. The summed E-state index contributed by atoms with van der Waals surface area (Å²) in [5.41, 5.74) is 1.98. The van der Waals surface area contributed by atoms with E-state index in [0.717, 1.165) is 19.3 Å². The molecule has 0 saturated heterocycles. The molecule has 0 spiro atoms. The summed E-state index contributed by atoms with van der Waals surface area (Å²) in [6.07, 6.45) is 3.21. The molecule has 0 atom stereocenters. The van der Waals surface area contributed by atoms with Gasteiger partial charge in [0.05, 0.1) is 11.1 Å². The quantitative estimate of drug-likeness (QED) is 0.777. The second-order valence-electron chi connectivity index (χ2n) is 5.20. The van der Waals surface area contributed by atoms with Crippen molar-refractivity contribution in [2.24, 2.45) is 0 Å². The Labute approximate surface area is 144 Å². The van der Waals surface area contributed by atoms with Gasteiger partial charge in [0.25, 0.3) is 5.91 Å². The smallest absolute Gasteiger partial charge is 0.338 e. The molecular formula is C18H18N2O3S. The molecule has 0 aliphatic rings. The lowest BCUT2D eigenvalue weighted by Crippen LogP contribution is -2.20. The maximum atomic E-state index is 11.9. The molecule has 1 N–H and O–H groups in total. The van der Waals surface area contributed by atoms with Crippen molar-refractivity contribution in [1.82, 2.24) is 0 Å². The number of esters is 1. The number of thiophene rings is 1. The maximum absolute atomic E-state index is 11.9. The summed E-state index contributed by atoms with van der Waals surface area (Å²) in [5, 5.41) is 13.6. The molecule has 0 unspecified atom stereocenters. The minimum Gasteiger partial charge on any atom is -0.452 e. The van der Waals surface area contributed by atoms with Gasteiger partial charge in [-0.25, -0.2) is 4.79 Å². The van der Waals surface area contributed by atoms with Crippen molar-refractivity contribution >= 4 is 28.2 Å². The van der Waals surface area contributed by atoms with E-state index in [1.807, 2.05) is 18.2 Å². The van der Waals surface area contributed by atoms with E-state index in [9.17, 15) is 9.59 Å². The first-order valence-corrected chi connectivity index (χ1v) is 8.55. The number of carbonyl (C=O) groups is 2. The van der Waals surface area contributed by atoms with E-state index in [4.69, 9.17) is 10.00 Å². The Morgan fingerprint density at radius 3 is 2.67 bits per heavy atom. The molecule has 0 radical (unpaired) electrons. The molecule has 1 aromatic carbocycles. The summed E-state index contributed by atoms with van der Waals surface area (Å²) in [7, 11) is 0. The number of anilines is 1. The van der Waals surface area contributed by atoms with Gasteiger partial charge >= 0.3 is 5.97 Å². The van der Waals surface area contributed by atoms with Crippen molar-refractivity contribution in [2.75, 3.05) is 11.9 Å². The lowest BCUT2D eigenvalue weighted by atomic mass is 10.1.